The van der Waals surface area contributed by atoms with Gasteiger partial charge in [0.2, 0.25) is 15.9 Å². The number of hydrogen-bond acceptors (Lipinski definition) is 6. The van der Waals surface area contributed by atoms with Gasteiger partial charge in [-0.05, 0) is 30.7 Å². The molecule has 1 heterocycles. The van der Waals surface area contributed by atoms with E-state index >= 15 is 0 Å². The Morgan fingerprint density at radius 3 is 2.42 bits per heavy atom. The van der Waals surface area contributed by atoms with Crippen LogP contribution in [0.5, 0.6) is 0 Å². The molecule has 1 aliphatic rings. The highest BCUT2D eigenvalue weighted by Gasteiger charge is 2.28. The van der Waals surface area contributed by atoms with Crippen LogP contribution in [0.3, 0.4) is 0 Å². The van der Waals surface area contributed by atoms with Crippen molar-refractivity contribution in [1.82, 2.24) is 4.31 Å². The maximum absolute atomic E-state index is 12.0. The average Bonchev–Trinajstić information content (AvgIpc) is 2.85. The summed E-state index contributed by atoms with van der Waals surface area (Å²) in [5.74, 6) is 0.237. The van der Waals surface area contributed by atoms with Crippen molar-refractivity contribution in [3.8, 4) is 0 Å². The van der Waals surface area contributed by atoms with Gasteiger partial charge in [0.05, 0.1) is 22.2 Å². The number of sulfonamides is 1. The van der Waals surface area contributed by atoms with E-state index in [9.17, 15) is 21.6 Å². The lowest BCUT2D eigenvalue weighted by Gasteiger charge is -2.12. The Labute approximate surface area is 146 Å². The summed E-state index contributed by atoms with van der Waals surface area (Å²) in [6, 6.07) is 5.92. The van der Waals surface area contributed by atoms with Crippen LogP contribution in [-0.2, 0) is 24.7 Å². The van der Waals surface area contributed by atoms with Crippen molar-refractivity contribution in [2.24, 2.45) is 0 Å². The van der Waals surface area contributed by atoms with Gasteiger partial charge in [0.1, 0.15) is 0 Å². The maximum atomic E-state index is 12.0. The number of rotatable bonds is 6. The zero-order valence-electron chi connectivity index (χ0n) is 13.4. The number of thioether (sulfide) groups is 1. The number of hydrogen-bond donors (Lipinski definition) is 1. The molecule has 0 aliphatic carbocycles. The monoisotopic (exact) mass is 392 g/mol. The van der Waals surface area contributed by atoms with Crippen LogP contribution >= 0.6 is 11.8 Å². The second-order valence-corrected chi connectivity index (χ2v) is 11.4. The maximum Gasteiger partial charge on any atom is 0.242 e. The number of nitrogens with one attached hydrogen (secondary N) is 1. The Hall–Kier alpha value is -1.10. The predicted molar refractivity (Wildman–Crippen MR) is 95.5 cm³/mol. The number of anilines is 1. The fourth-order valence-electron chi connectivity index (χ4n) is 2.20. The van der Waals surface area contributed by atoms with Gasteiger partial charge in [-0.25, -0.2) is 21.1 Å². The molecule has 1 amide bonds. The molecule has 1 N–H and O–H groups in total. The van der Waals surface area contributed by atoms with Crippen LogP contribution in [-0.4, -0.2) is 63.7 Å². The van der Waals surface area contributed by atoms with E-state index in [1.54, 1.807) is 0 Å². The minimum absolute atomic E-state index is 0.0339. The predicted octanol–water partition coefficient (Wildman–Crippen LogP) is 0.796. The van der Waals surface area contributed by atoms with Gasteiger partial charge in [-0.1, -0.05) is 0 Å². The molecule has 1 aromatic rings. The first-order valence-corrected chi connectivity index (χ1v) is 11.6. The lowest BCUT2D eigenvalue weighted by atomic mass is 10.3. The lowest BCUT2D eigenvalue weighted by molar-refractivity contribution is -0.113. The molecular weight excluding hydrogens is 372 g/mol. The van der Waals surface area contributed by atoms with Crippen molar-refractivity contribution in [1.29, 1.82) is 0 Å². The number of nitrogens with zero attached hydrogens (tertiary/aromatic N) is 1. The molecule has 1 saturated heterocycles. The Kier molecular flexibility index (Phi) is 5.95. The Morgan fingerprint density at radius 2 is 1.92 bits per heavy atom. The lowest BCUT2D eigenvalue weighted by Crippen LogP contribution is -2.22. The van der Waals surface area contributed by atoms with Crippen molar-refractivity contribution >= 4 is 43.2 Å². The fraction of sp³-hybridized carbons (Fsp3) is 0.500. The van der Waals surface area contributed by atoms with E-state index in [1.165, 1.54) is 50.1 Å². The van der Waals surface area contributed by atoms with Crippen LogP contribution < -0.4 is 5.32 Å². The number of benzene rings is 1. The zero-order chi connectivity index (χ0) is 18.0. The van der Waals surface area contributed by atoms with E-state index in [1.807, 2.05) is 0 Å². The molecule has 1 atom stereocenters. The first-order valence-electron chi connectivity index (χ1n) is 7.25. The smallest absolute Gasteiger partial charge is 0.242 e. The molecule has 10 heteroatoms. The van der Waals surface area contributed by atoms with Crippen molar-refractivity contribution in [3.63, 3.8) is 0 Å². The summed E-state index contributed by atoms with van der Waals surface area (Å²) < 4.78 is 47.8. The number of amides is 1. The quantitative estimate of drug-likeness (QED) is 0.768. The largest absolute Gasteiger partial charge is 0.325 e. The van der Waals surface area contributed by atoms with Gasteiger partial charge < -0.3 is 5.32 Å². The minimum atomic E-state index is -3.49. The topological polar surface area (TPSA) is 101 Å². The summed E-state index contributed by atoms with van der Waals surface area (Å²) in [7, 11) is -3.54. The molecular formula is C14H20N2O5S3. The number of carbonyl (C=O) groups is 1. The van der Waals surface area contributed by atoms with Gasteiger partial charge >= 0.3 is 0 Å². The molecule has 2 rings (SSSR count). The summed E-state index contributed by atoms with van der Waals surface area (Å²) in [5.41, 5.74) is 0.498. The first-order chi connectivity index (χ1) is 11.1. The van der Waals surface area contributed by atoms with Crippen LogP contribution in [0.15, 0.2) is 29.2 Å². The second-order valence-electron chi connectivity index (χ2n) is 5.70. The first kappa shape index (κ1) is 19.2. The summed E-state index contributed by atoms with van der Waals surface area (Å²) in [5, 5.41) is 2.64. The van der Waals surface area contributed by atoms with Gasteiger partial charge in [-0.2, -0.15) is 0 Å². The number of sulfone groups is 1. The van der Waals surface area contributed by atoms with Gasteiger partial charge in [-0.15, -0.1) is 11.8 Å². The summed E-state index contributed by atoms with van der Waals surface area (Å²) in [6.45, 7) is 0. The highest BCUT2D eigenvalue weighted by molar-refractivity contribution is 8.02. The molecule has 0 aromatic heterocycles. The van der Waals surface area contributed by atoms with Crippen LogP contribution in [0.2, 0.25) is 0 Å². The Morgan fingerprint density at radius 1 is 1.29 bits per heavy atom. The third-order valence-corrected chi connectivity index (χ3v) is 8.67. The van der Waals surface area contributed by atoms with Gasteiger partial charge in [0.15, 0.2) is 9.84 Å². The molecule has 0 saturated carbocycles. The van der Waals surface area contributed by atoms with Crippen molar-refractivity contribution in [2.45, 2.75) is 16.6 Å². The van der Waals surface area contributed by atoms with Crippen LogP contribution in [0.25, 0.3) is 0 Å². The average molecular weight is 393 g/mol. The van der Waals surface area contributed by atoms with Crippen molar-refractivity contribution in [2.75, 3.05) is 36.7 Å². The van der Waals surface area contributed by atoms with Crippen LogP contribution in [0.1, 0.15) is 6.42 Å². The summed E-state index contributed by atoms with van der Waals surface area (Å²) in [4.78, 5) is 12.1. The standard InChI is InChI=1S/C14H20N2O5S3/c1-16(2)24(20,21)13-5-3-11(4-6-13)15-14(17)9-22-12-7-8-23(18,19)10-12/h3-6,12H,7-10H2,1-2H3,(H,15,17)/t12-/m0/s1. The molecule has 7 nitrogen and oxygen atoms in total. The van der Waals surface area contributed by atoms with E-state index in [4.69, 9.17) is 0 Å². The Bertz CT molecular complexity index is 801. The summed E-state index contributed by atoms with van der Waals surface area (Å²) >= 11 is 1.33. The highest BCUT2D eigenvalue weighted by atomic mass is 32.2. The van der Waals surface area contributed by atoms with E-state index < -0.39 is 19.9 Å². The SMILES string of the molecule is CN(C)S(=O)(=O)c1ccc(NC(=O)CS[C@H]2CCS(=O)(=O)C2)cc1. The normalized spacial score (nSPS) is 20.2. The second kappa shape index (κ2) is 7.42. The van der Waals surface area contributed by atoms with E-state index in [-0.39, 0.29) is 33.3 Å². The molecule has 1 aliphatic heterocycles. The molecule has 0 spiro atoms. The number of carbonyl (C=O) groups excluding carboxylic acids is 1. The van der Waals surface area contributed by atoms with E-state index in [2.05, 4.69) is 5.32 Å². The molecule has 1 fully saturated rings. The zero-order valence-corrected chi connectivity index (χ0v) is 15.9. The fourth-order valence-corrected chi connectivity index (χ4v) is 6.55. The van der Waals surface area contributed by atoms with Crippen LogP contribution in [0, 0.1) is 0 Å². The minimum Gasteiger partial charge on any atom is -0.325 e. The van der Waals surface area contributed by atoms with Crippen molar-refractivity contribution in [3.05, 3.63) is 24.3 Å². The van der Waals surface area contributed by atoms with Gasteiger partial charge in [-0.3, -0.25) is 4.79 Å². The molecule has 1 aromatic carbocycles. The molecule has 134 valence electrons. The van der Waals surface area contributed by atoms with E-state index in [0.717, 1.165) is 4.31 Å². The third-order valence-electron chi connectivity index (χ3n) is 3.56. The van der Waals surface area contributed by atoms with Crippen LogP contribution in [0.4, 0.5) is 5.69 Å². The van der Waals surface area contributed by atoms with E-state index in [0.29, 0.717) is 12.1 Å². The Balaban J connectivity index is 1.88. The van der Waals surface area contributed by atoms with Gasteiger partial charge in [0, 0.05) is 25.0 Å². The molecule has 24 heavy (non-hydrogen) atoms. The molecule has 0 radical (unpaired) electrons. The summed E-state index contributed by atoms with van der Waals surface area (Å²) in [6.07, 6.45) is 0.581. The molecule has 0 bridgehead atoms. The highest BCUT2D eigenvalue weighted by Crippen LogP contribution is 2.24. The van der Waals surface area contributed by atoms with Crippen molar-refractivity contribution < 1.29 is 21.6 Å². The third kappa shape index (κ3) is 4.95. The molecule has 0 unspecified atom stereocenters. The van der Waals surface area contributed by atoms with Gasteiger partial charge in [0.25, 0.3) is 0 Å².